The topological polar surface area (TPSA) is 49.4 Å². The fraction of sp³-hybridized carbons (Fsp3) is 0.440. The number of likely N-dealkylation sites (tertiary alicyclic amines) is 1. The maximum Gasteiger partial charge on any atom is 0.226 e. The second-order valence-corrected chi connectivity index (χ2v) is 8.01. The molecular weight excluding hydrogens is 360 g/mol. The zero-order valence-corrected chi connectivity index (χ0v) is 17.6. The Bertz CT molecular complexity index is 806. The predicted octanol–water partition coefficient (Wildman–Crippen LogP) is 4.44. The van der Waals surface area contributed by atoms with Crippen LogP contribution in [0.3, 0.4) is 0 Å². The number of hydrogen-bond acceptors (Lipinski definition) is 2. The molecule has 29 heavy (non-hydrogen) atoms. The minimum Gasteiger partial charge on any atom is -0.356 e. The third kappa shape index (κ3) is 5.06. The molecule has 4 heteroatoms. The van der Waals surface area contributed by atoms with Crippen molar-refractivity contribution >= 4 is 11.8 Å². The van der Waals surface area contributed by atoms with Gasteiger partial charge in [0.15, 0.2) is 0 Å². The van der Waals surface area contributed by atoms with E-state index in [1.807, 2.05) is 36.9 Å². The maximum atomic E-state index is 13.0. The van der Waals surface area contributed by atoms with Crippen LogP contribution in [-0.4, -0.2) is 36.3 Å². The van der Waals surface area contributed by atoms with Gasteiger partial charge >= 0.3 is 0 Å². The average Bonchev–Trinajstić information content (AvgIpc) is 2.76. The van der Waals surface area contributed by atoms with E-state index in [2.05, 4.69) is 41.7 Å². The summed E-state index contributed by atoms with van der Waals surface area (Å²) in [5, 5.41) is 3.04. The summed E-state index contributed by atoms with van der Waals surface area (Å²) in [7, 11) is 0. The Morgan fingerprint density at radius 1 is 0.931 bits per heavy atom. The van der Waals surface area contributed by atoms with E-state index >= 15 is 0 Å². The molecule has 0 saturated carbocycles. The number of hydrogen-bond donors (Lipinski definition) is 1. The van der Waals surface area contributed by atoms with Crippen LogP contribution in [0.4, 0.5) is 0 Å². The number of piperidine rings is 1. The lowest BCUT2D eigenvalue weighted by atomic mass is 9.72. The van der Waals surface area contributed by atoms with Gasteiger partial charge in [0.25, 0.3) is 0 Å². The lowest BCUT2D eigenvalue weighted by Gasteiger charge is -2.41. The van der Waals surface area contributed by atoms with Gasteiger partial charge in [-0.15, -0.1) is 0 Å². The zero-order valence-electron chi connectivity index (χ0n) is 17.6. The van der Waals surface area contributed by atoms with Gasteiger partial charge in [-0.3, -0.25) is 9.59 Å². The van der Waals surface area contributed by atoms with Gasteiger partial charge in [0.05, 0.1) is 5.41 Å². The summed E-state index contributed by atoms with van der Waals surface area (Å²) < 4.78 is 0. The molecule has 4 nitrogen and oxygen atoms in total. The molecule has 0 radical (unpaired) electrons. The normalized spacial score (nSPS) is 15.7. The number of nitrogens with one attached hydrogen (secondary N) is 1. The zero-order chi connectivity index (χ0) is 20.7. The molecule has 2 amide bonds. The highest BCUT2D eigenvalue weighted by Gasteiger charge is 2.41. The molecule has 0 aromatic heterocycles. The highest BCUT2D eigenvalue weighted by molar-refractivity contribution is 5.84. The summed E-state index contributed by atoms with van der Waals surface area (Å²) in [6.45, 7) is 5.95. The van der Waals surface area contributed by atoms with Gasteiger partial charge in [-0.05, 0) is 49.3 Å². The van der Waals surface area contributed by atoms with Crippen molar-refractivity contribution in [1.29, 1.82) is 0 Å². The Kier molecular flexibility index (Phi) is 7.08. The van der Waals surface area contributed by atoms with Gasteiger partial charge in [0.2, 0.25) is 11.8 Å². The summed E-state index contributed by atoms with van der Waals surface area (Å²) in [6.07, 6.45) is 3.60. The quantitative estimate of drug-likeness (QED) is 0.757. The monoisotopic (exact) mass is 392 g/mol. The first kappa shape index (κ1) is 21.1. The van der Waals surface area contributed by atoms with E-state index in [9.17, 15) is 9.59 Å². The molecule has 3 rings (SSSR count). The van der Waals surface area contributed by atoms with E-state index < -0.39 is 5.41 Å². The fourth-order valence-corrected chi connectivity index (χ4v) is 4.22. The van der Waals surface area contributed by atoms with Crippen molar-refractivity contribution in [1.82, 2.24) is 10.2 Å². The van der Waals surface area contributed by atoms with Crippen LogP contribution < -0.4 is 5.32 Å². The lowest BCUT2D eigenvalue weighted by molar-refractivity contribution is -0.140. The highest BCUT2D eigenvalue weighted by atomic mass is 16.2. The van der Waals surface area contributed by atoms with Gasteiger partial charge in [-0.1, -0.05) is 61.5 Å². The Morgan fingerprint density at radius 2 is 1.55 bits per heavy atom. The lowest BCUT2D eigenvalue weighted by Crippen LogP contribution is -2.51. The summed E-state index contributed by atoms with van der Waals surface area (Å²) in [5.41, 5.74) is 3.11. The molecule has 154 valence electrons. The first-order chi connectivity index (χ1) is 14.1. The fourth-order valence-electron chi connectivity index (χ4n) is 4.22. The molecule has 1 aliphatic heterocycles. The van der Waals surface area contributed by atoms with Crippen LogP contribution in [0.2, 0.25) is 0 Å². The maximum absolute atomic E-state index is 13.0. The molecule has 1 aliphatic rings. The van der Waals surface area contributed by atoms with E-state index in [-0.39, 0.29) is 11.8 Å². The van der Waals surface area contributed by atoms with Crippen LogP contribution in [0.5, 0.6) is 0 Å². The van der Waals surface area contributed by atoms with Crippen molar-refractivity contribution in [3.63, 3.8) is 0 Å². The highest BCUT2D eigenvalue weighted by Crippen LogP contribution is 2.36. The number of nitrogens with zero attached hydrogens (tertiary/aromatic N) is 1. The van der Waals surface area contributed by atoms with Crippen LogP contribution >= 0.6 is 0 Å². The summed E-state index contributed by atoms with van der Waals surface area (Å²) in [4.78, 5) is 27.2. The van der Waals surface area contributed by atoms with Crippen molar-refractivity contribution in [2.24, 2.45) is 5.41 Å². The summed E-state index contributed by atoms with van der Waals surface area (Å²) in [6, 6.07) is 18.9. The van der Waals surface area contributed by atoms with Crippen LogP contribution in [0.1, 0.15) is 45.1 Å². The number of amides is 2. The van der Waals surface area contributed by atoms with E-state index in [4.69, 9.17) is 0 Å². The van der Waals surface area contributed by atoms with Gasteiger partial charge in [-0.2, -0.15) is 0 Å². The molecule has 0 atom stereocenters. The van der Waals surface area contributed by atoms with Gasteiger partial charge < -0.3 is 10.2 Å². The van der Waals surface area contributed by atoms with Crippen LogP contribution in [0.25, 0.3) is 11.1 Å². The van der Waals surface area contributed by atoms with Crippen molar-refractivity contribution < 1.29 is 9.59 Å². The van der Waals surface area contributed by atoms with Crippen LogP contribution in [0, 0.1) is 5.41 Å². The van der Waals surface area contributed by atoms with Crippen molar-refractivity contribution in [3.05, 3.63) is 60.2 Å². The minimum absolute atomic E-state index is 0.120. The molecular formula is C25H32N2O2. The van der Waals surface area contributed by atoms with Gasteiger partial charge in [0, 0.05) is 26.1 Å². The molecule has 0 bridgehead atoms. The molecule has 2 aromatic carbocycles. The predicted molar refractivity (Wildman–Crippen MR) is 117 cm³/mol. The van der Waals surface area contributed by atoms with Crippen LogP contribution in [-0.2, 0) is 16.0 Å². The van der Waals surface area contributed by atoms with E-state index in [1.54, 1.807) is 0 Å². The van der Waals surface area contributed by atoms with Gasteiger partial charge in [0.1, 0.15) is 0 Å². The number of carbonyl (C=O) groups excluding carboxylic acids is 2. The van der Waals surface area contributed by atoms with Gasteiger partial charge in [-0.25, -0.2) is 0 Å². The molecule has 0 spiro atoms. The van der Waals surface area contributed by atoms with Crippen LogP contribution in [0.15, 0.2) is 54.6 Å². The molecule has 0 unspecified atom stereocenters. The molecule has 1 heterocycles. The minimum atomic E-state index is -0.437. The first-order valence-corrected chi connectivity index (χ1v) is 10.8. The third-order valence-corrected chi connectivity index (χ3v) is 5.96. The van der Waals surface area contributed by atoms with Crippen molar-refractivity contribution in [2.75, 3.05) is 19.6 Å². The summed E-state index contributed by atoms with van der Waals surface area (Å²) in [5.74, 6) is 0.332. The second-order valence-electron chi connectivity index (χ2n) is 8.01. The molecule has 2 aromatic rings. The first-order valence-electron chi connectivity index (χ1n) is 10.8. The smallest absolute Gasteiger partial charge is 0.226 e. The Balaban J connectivity index is 1.75. The van der Waals surface area contributed by atoms with Crippen molar-refractivity contribution in [2.45, 2.75) is 46.0 Å². The summed E-state index contributed by atoms with van der Waals surface area (Å²) >= 11 is 0. The standard InChI is InChI=1S/C25H32N2O2/c1-3-8-23(28)27-17-15-25(16-18-27,24(29)26-4-2)19-20-11-13-22(14-12-20)21-9-6-5-7-10-21/h5-7,9-14H,3-4,8,15-19H2,1-2H3,(H,26,29). The number of carbonyl (C=O) groups is 2. The second kappa shape index (κ2) is 9.73. The average molecular weight is 393 g/mol. The third-order valence-electron chi connectivity index (χ3n) is 5.96. The molecule has 1 fully saturated rings. The Labute approximate surface area is 174 Å². The Hall–Kier alpha value is -2.62. The SMILES string of the molecule is CCCC(=O)N1CCC(Cc2ccc(-c3ccccc3)cc2)(C(=O)NCC)CC1. The number of benzene rings is 2. The van der Waals surface area contributed by atoms with E-state index in [0.717, 1.165) is 6.42 Å². The molecule has 1 saturated heterocycles. The molecule has 1 N–H and O–H groups in total. The van der Waals surface area contributed by atoms with E-state index in [1.165, 1.54) is 16.7 Å². The molecule has 0 aliphatic carbocycles. The number of rotatable bonds is 7. The van der Waals surface area contributed by atoms with E-state index in [0.29, 0.717) is 45.3 Å². The Morgan fingerprint density at radius 3 is 2.14 bits per heavy atom. The van der Waals surface area contributed by atoms with Crippen molar-refractivity contribution in [3.8, 4) is 11.1 Å². The largest absolute Gasteiger partial charge is 0.356 e.